The fraction of sp³-hybridized carbons (Fsp3) is 0.545. The molecule has 2 heterocycles. The molecule has 0 unspecified atom stereocenters. The van der Waals surface area contributed by atoms with E-state index in [-0.39, 0.29) is 12.4 Å². The SMILES string of the molecule is Cl.Clc1ccc(CNC2CCNCC2)cn1. The number of piperidine rings is 1. The maximum Gasteiger partial charge on any atom is 0.129 e. The van der Waals surface area contributed by atoms with Gasteiger partial charge < -0.3 is 10.6 Å². The van der Waals surface area contributed by atoms with E-state index >= 15 is 0 Å². The van der Waals surface area contributed by atoms with Gasteiger partial charge in [0.05, 0.1) is 0 Å². The van der Waals surface area contributed by atoms with Gasteiger partial charge in [0.1, 0.15) is 5.15 Å². The smallest absolute Gasteiger partial charge is 0.129 e. The molecule has 3 nitrogen and oxygen atoms in total. The third-order valence-corrected chi connectivity index (χ3v) is 2.95. The minimum Gasteiger partial charge on any atom is -0.317 e. The number of rotatable bonds is 3. The fourth-order valence-corrected chi connectivity index (χ4v) is 1.91. The summed E-state index contributed by atoms with van der Waals surface area (Å²) in [6.07, 6.45) is 4.25. The summed E-state index contributed by atoms with van der Waals surface area (Å²) in [5.74, 6) is 0. The zero-order chi connectivity index (χ0) is 10.5. The number of nitrogens with zero attached hydrogens (tertiary/aromatic N) is 1. The minimum atomic E-state index is 0. The Morgan fingerprint density at radius 3 is 2.75 bits per heavy atom. The summed E-state index contributed by atoms with van der Waals surface area (Å²) >= 11 is 5.72. The monoisotopic (exact) mass is 261 g/mol. The molecule has 1 saturated heterocycles. The van der Waals surface area contributed by atoms with Gasteiger partial charge in [0, 0.05) is 18.8 Å². The van der Waals surface area contributed by atoms with Gasteiger partial charge in [-0.2, -0.15) is 0 Å². The predicted molar refractivity (Wildman–Crippen MR) is 69.2 cm³/mol. The molecule has 0 amide bonds. The second kappa shape index (κ2) is 7.07. The van der Waals surface area contributed by atoms with Crippen LogP contribution in [0.15, 0.2) is 18.3 Å². The second-order valence-corrected chi connectivity index (χ2v) is 4.28. The Balaban J connectivity index is 0.00000128. The van der Waals surface area contributed by atoms with Crippen LogP contribution in [0.3, 0.4) is 0 Å². The number of nitrogens with one attached hydrogen (secondary N) is 2. The standard InChI is InChI=1S/C11H16ClN3.ClH/c12-11-2-1-9(8-15-11)7-14-10-3-5-13-6-4-10;/h1-2,8,10,13-14H,3-7H2;1H. The molecule has 1 aliphatic heterocycles. The van der Waals surface area contributed by atoms with Crippen LogP contribution >= 0.6 is 24.0 Å². The molecule has 90 valence electrons. The lowest BCUT2D eigenvalue weighted by Gasteiger charge is -2.23. The van der Waals surface area contributed by atoms with Crippen LogP contribution in [0.4, 0.5) is 0 Å². The van der Waals surface area contributed by atoms with E-state index < -0.39 is 0 Å². The number of hydrogen-bond acceptors (Lipinski definition) is 3. The average Bonchev–Trinajstić information content (AvgIpc) is 2.30. The molecule has 1 fully saturated rings. The first-order chi connectivity index (χ1) is 7.34. The highest BCUT2D eigenvalue weighted by Crippen LogP contribution is 2.07. The van der Waals surface area contributed by atoms with Gasteiger partial charge in [-0.3, -0.25) is 0 Å². The molecule has 1 aromatic heterocycles. The van der Waals surface area contributed by atoms with Crippen molar-refractivity contribution in [3.63, 3.8) is 0 Å². The fourth-order valence-electron chi connectivity index (χ4n) is 1.80. The number of hydrogen-bond donors (Lipinski definition) is 2. The number of pyridine rings is 1. The molecule has 1 aromatic rings. The highest BCUT2D eigenvalue weighted by atomic mass is 35.5. The number of halogens is 2. The lowest BCUT2D eigenvalue weighted by Crippen LogP contribution is -2.39. The summed E-state index contributed by atoms with van der Waals surface area (Å²) < 4.78 is 0. The Morgan fingerprint density at radius 1 is 1.38 bits per heavy atom. The Morgan fingerprint density at radius 2 is 2.12 bits per heavy atom. The second-order valence-electron chi connectivity index (χ2n) is 3.89. The Kier molecular flexibility index (Phi) is 6.06. The minimum absolute atomic E-state index is 0. The van der Waals surface area contributed by atoms with Gasteiger partial charge in [0.25, 0.3) is 0 Å². The van der Waals surface area contributed by atoms with Crippen LogP contribution in [0.25, 0.3) is 0 Å². The van der Waals surface area contributed by atoms with Crippen LogP contribution in [0.5, 0.6) is 0 Å². The molecule has 2 N–H and O–H groups in total. The van der Waals surface area contributed by atoms with Gasteiger partial charge in [-0.15, -0.1) is 12.4 Å². The van der Waals surface area contributed by atoms with Crippen LogP contribution in [-0.2, 0) is 6.54 Å². The molecule has 0 atom stereocenters. The first kappa shape index (κ1) is 13.7. The summed E-state index contributed by atoms with van der Waals surface area (Å²) in [7, 11) is 0. The van der Waals surface area contributed by atoms with Crippen molar-refractivity contribution < 1.29 is 0 Å². The topological polar surface area (TPSA) is 37.0 Å². The van der Waals surface area contributed by atoms with Crippen LogP contribution in [0.1, 0.15) is 18.4 Å². The Hall–Kier alpha value is -0.350. The van der Waals surface area contributed by atoms with E-state index in [0.29, 0.717) is 11.2 Å². The van der Waals surface area contributed by atoms with E-state index in [0.717, 1.165) is 19.6 Å². The third kappa shape index (κ3) is 4.26. The molecule has 5 heteroatoms. The molecule has 1 aliphatic rings. The van der Waals surface area contributed by atoms with Crippen LogP contribution in [-0.4, -0.2) is 24.1 Å². The highest BCUT2D eigenvalue weighted by molar-refractivity contribution is 6.29. The van der Waals surface area contributed by atoms with Crippen molar-refractivity contribution in [1.82, 2.24) is 15.6 Å². The summed E-state index contributed by atoms with van der Waals surface area (Å²) in [5.41, 5.74) is 1.19. The van der Waals surface area contributed by atoms with Crippen LogP contribution < -0.4 is 10.6 Å². The predicted octanol–water partition coefficient (Wildman–Crippen LogP) is 2.00. The van der Waals surface area contributed by atoms with Crippen molar-refractivity contribution >= 4 is 24.0 Å². The summed E-state index contributed by atoms with van der Waals surface area (Å²) in [4.78, 5) is 4.06. The van der Waals surface area contributed by atoms with E-state index in [4.69, 9.17) is 11.6 Å². The maximum atomic E-state index is 5.72. The molecule has 0 bridgehead atoms. The highest BCUT2D eigenvalue weighted by Gasteiger charge is 2.11. The summed E-state index contributed by atoms with van der Waals surface area (Å²) in [6.45, 7) is 3.13. The van der Waals surface area contributed by atoms with Gasteiger partial charge >= 0.3 is 0 Å². The van der Waals surface area contributed by atoms with Gasteiger partial charge in [-0.05, 0) is 37.6 Å². The molecule has 2 rings (SSSR count). The quantitative estimate of drug-likeness (QED) is 0.818. The molecule has 0 saturated carbocycles. The van der Waals surface area contributed by atoms with Crippen molar-refractivity contribution in [2.75, 3.05) is 13.1 Å². The van der Waals surface area contributed by atoms with E-state index in [1.165, 1.54) is 18.4 Å². The third-order valence-electron chi connectivity index (χ3n) is 2.72. The molecule has 0 spiro atoms. The van der Waals surface area contributed by atoms with Crippen molar-refractivity contribution in [1.29, 1.82) is 0 Å². The van der Waals surface area contributed by atoms with E-state index in [1.807, 2.05) is 18.3 Å². The molecular weight excluding hydrogens is 245 g/mol. The zero-order valence-electron chi connectivity index (χ0n) is 9.08. The largest absolute Gasteiger partial charge is 0.317 e. The van der Waals surface area contributed by atoms with E-state index in [1.54, 1.807) is 0 Å². The first-order valence-electron chi connectivity index (χ1n) is 5.39. The van der Waals surface area contributed by atoms with Crippen LogP contribution in [0, 0.1) is 0 Å². The lowest BCUT2D eigenvalue weighted by atomic mass is 10.1. The first-order valence-corrected chi connectivity index (χ1v) is 5.77. The van der Waals surface area contributed by atoms with Crippen LogP contribution in [0.2, 0.25) is 5.15 Å². The Bertz CT molecular complexity index is 297. The lowest BCUT2D eigenvalue weighted by molar-refractivity contribution is 0.386. The number of aromatic nitrogens is 1. The van der Waals surface area contributed by atoms with E-state index in [9.17, 15) is 0 Å². The summed E-state index contributed by atoms with van der Waals surface area (Å²) in [6, 6.07) is 4.49. The van der Waals surface area contributed by atoms with Crippen molar-refractivity contribution in [2.45, 2.75) is 25.4 Å². The van der Waals surface area contributed by atoms with Gasteiger partial charge in [0.2, 0.25) is 0 Å². The molecule has 0 radical (unpaired) electrons. The van der Waals surface area contributed by atoms with E-state index in [2.05, 4.69) is 15.6 Å². The van der Waals surface area contributed by atoms with Gasteiger partial charge in [-0.1, -0.05) is 17.7 Å². The van der Waals surface area contributed by atoms with Crippen molar-refractivity contribution in [3.8, 4) is 0 Å². The van der Waals surface area contributed by atoms with Gasteiger partial charge in [-0.25, -0.2) is 4.98 Å². The van der Waals surface area contributed by atoms with Gasteiger partial charge in [0.15, 0.2) is 0 Å². The maximum absolute atomic E-state index is 5.72. The summed E-state index contributed by atoms with van der Waals surface area (Å²) in [5, 5.41) is 7.44. The molecule has 0 aliphatic carbocycles. The normalized spacial score (nSPS) is 16.8. The molecule has 16 heavy (non-hydrogen) atoms. The Labute approximate surface area is 107 Å². The van der Waals surface area contributed by atoms with Crippen molar-refractivity contribution in [3.05, 3.63) is 29.0 Å². The average molecular weight is 262 g/mol. The molecular formula is C11H17Cl2N3. The molecule has 0 aromatic carbocycles. The van der Waals surface area contributed by atoms with Crippen molar-refractivity contribution in [2.24, 2.45) is 0 Å². The zero-order valence-corrected chi connectivity index (χ0v) is 10.7.